The third-order valence-corrected chi connectivity index (χ3v) is 5.86. The predicted octanol–water partition coefficient (Wildman–Crippen LogP) is 3.31. The lowest BCUT2D eigenvalue weighted by atomic mass is 9.79. The van der Waals surface area contributed by atoms with Crippen molar-refractivity contribution in [3.63, 3.8) is 0 Å². The lowest BCUT2D eigenvalue weighted by Crippen LogP contribution is -2.56. The van der Waals surface area contributed by atoms with Gasteiger partial charge in [-0.15, -0.1) is 0 Å². The molecule has 20 heavy (non-hydrogen) atoms. The van der Waals surface area contributed by atoms with Crippen molar-refractivity contribution in [1.29, 1.82) is 0 Å². The highest BCUT2D eigenvalue weighted by Gasteiger charge is 2.36. The van der Waals surface area contributed by atoms with Gasteiger partial charge in [0.25, 0.3) is 0 Å². The molecule has 5 rings (SSSR count). The Morgan fingerprint density at radius 2 is 1.75 bits per heavy atom. The van der Waals surface area contributed by atoms with Gasteiger partial charge in [0.1, 0.15) is 0 Å². The molecule has 1 aromatic carbocycles. The Labute approximate surface area is 122 Å². The topological polar surface area (TPSA) is 15.3 Å². The normalized spacial score (nSPS) is 39.5. The van der Waals surface area contributed by atoms with Crippen molar-refractivity contribution < 1.29 is 0 Å². The van der Waals surface area contributed by atoms with Crippen LogP contribution in [0.5, 0.6) is 0 Å². The van der Waals surface area contributed by atoms with Gasteiger partial charge in [-0.05, 0) is 61.7 Å². The maximum Gasteiger partial charge on any atom is 0.0326 e. The summed E-state index contributed by atoms with van der Waals surface area (Å²) < 4.78 is 0. The summed E-state index contributed by atoms with van der Waals surface area (Å²) in [6, 6.07) is 10.4. The SMILES string of the molecule is CC1CCC(NC2CN3CCC2CC3)c2ccccc21. The van der Waals surface area contributed by atoms with Gasteiger partial charge in [-0.3, -0.25) is 0 Å². The second kappa shape index (κ2) is 5.16. The summed E-state index contributed by atoms with van der Waals surface area (Å²) in [6.45, 7) is 6.32. The van der Waals surface area contributed by atoms with E-state index >= 15 is 0 Å². The van der Waals surface area contributed by atoms with Gasteiger partial charge in [0, 0.05) is 18.6 Å². The van der Waals surface area contributed by atoms with E-state index in [1.54, 1.807) is 11.1 Å². The number of hydrogen-bond acceptors (Lipinski definition) is 2. The summed E-state index contributed by atoms with van der Waals surface area (Å²) in [5, 5.41) is 4.02. The van der Waals surface area contributed by atoms with Crippen LogP contribution in [0.2, 0.25) is 0 Å². The van der Waals surface area contributed by atoms with E-state index in [9.17, 15) is 0 Å². The number of hydrogen-bond donors (Lipinski definition) is 1. The monoisotopic (exact) mass is 270 g/mol. The molecule has 1 N–H and O–H groups in total. The molecule has 1 aromatic rings. The quantitative estimate of drug-likeness (QED) is 0.887. The van der Waals surface area contributed by atoms with Crippen molar-refractivity contribution in [3.05, 3.63) is 35.4 Å². The van der Waals surface area contributed by atoms with E-state index in [0.29, 0.717) is 6.04 Å². The fourth-order valence-corrected chi connectivity index (χ4v) is 4.59. The molecule has 3 saturated heterocycles. The minimum absolute atomic E-state index is 0.591. The maximum absolute atomic E-state index is 4.02. The van der Waals surface area contributed by atoms with E-state index in [2.05, 4.69) is 41.4 Å². The Morgan fingerprint density at radius 1 is 1.00 bits per heavy atom. The smallest absolute Gasteiger partial charge is 0.0326 e. The molecule has 2 heteroatoms. The number of benzene rings is 1. The molecule has 3 unspecified atom stereocenters. The van der Waals surface area contributed by atoms with Crippen LogP contribution in [0, 0.1) is 5.92 Å². The van der Waals surface area contributed by atoms with Gasteiger partial charge in [0.2, 0.25) is 0 Å². The van der Waals surface area contributed by atoms with Crippen molar-refractivity contribution in [2.45, 2.75) is 50.6 Å². The van der Waals surface area contributed by atoms with Crippen LogP contribution < -0.4 is 5.32 Å². The molecule has 4 aliphatic rings. The maximum atomic E-state index is 4.02. The second-order valence-corrected chi connectivity index (χ2v) is 7.07. The average Bonchev–Trinajstić information content (AvgIpc) is 2.52. The van der Waals surface area contributed by atoms with Crippen LogP contribution in [0.1, 0.15) is 55.7 Å². The molecule has 0 saturated carbocycles. The van der Waals surface area contributed by atoms with Gasteiger partial charge < -0.3 is 10.2 Å². The minimum atomic E-state index is 0.591. The number of fused-ring (bicyclic) bond motifs is 4. The number of rotatable bonds is 2. The molecule has 3 fully saturated rings. The molecule has 3 atom stereocenters. The van der Waals surface area contributed by atoms with Crippen LogP contribution in [-0.2, 0) is 0 Å². The summed E-state index contributed by atoms with van der Waals surface area (Å²) in [5.74, 6) is 1.65. The lowest BCUT2D eigenvalue weighted by Gasteiger charge is -2.47. The highest BCUT2D eigenvalue weighted by atomic mass is 15.2. The summed E-state index contributed by atoms with van der Waals surface area (Å²) in [5.41, 5.74) is 3.15. The first-order valence-corrected chi connectivity index (χ1v) is 8.38. The Balaban J connectivity index is 1.54. The van der Waals surface area contributed by atoms with Gasteiger partial charge in [0.05, 0.1) is 0 Å². The number of piperidine rings is 3. The Hall–Kier alpha value is -0.860. The molecular weight excluding hydrogens is 244 g/mol. The van der Waals surface area contributed by atoms with Crippen molar-refractivity contribution >= 4 is 0 Å². The van der Waals surface area contributed by atoms with E-state index in [1.165, 1.54) is 45.3 Å². The third-order valence-electron chi connectivity index (χ3n) is 5.86. The average molecular weight is 270 g/mol. The van der Waals surface area contributed by atoms with E-state index in [4.69, 9.17) is 0 Å². The molecule has 0 radical (unpaired) electrons. The van der Waals surface area contributed by atoms with E-state index in [1.807, 2.05) is 0 Å². The largest absolute Gasteiger partial charge is 0.306 e. The molecule has 0 spiro atoms. The van der Waals surface area contributed by atoms with Gasteiger partial charge in [0.15, 0.2) is 0 Å². The van der Waals surface area contributed by atoms with Gasteiger partial charge in [-0.25, -0.2) is 0 Å². The fraction of sp³-hybridized carbons (Fsp3) is 0.667. The van der Waals surface area contributed by atoms with Crippen LogP contribution in [-0.4, -0.2) is 30.6 Å². The van der Waals surface area contributed by atoms with Crippen LogP contribution in [0.25, 0.3) is 0 Å². The number of nitrogens with zero attached hydrogens (tertiary/aromatic N) is 1. The zero-order chi connectivity index (χ0) is 13.5. The summed E-state index contributed by atoms with van der Waals surface area (Å²) in [4.78, 5) is 2.65. The Morgan fingerprint density at radius 3 is 2.45 bits per heavy atom. The van der Waals surface area contributed by atoms with Crippen molar-refractivity contribution in [2.24, 2.45) is 5.92 Å². The molecule has 3 heterocycles. The van der Waals surface area contributed by atoms with Crippen molar-refractivity contribution in [3.8, 4) is 0 Å². The molecule has 0 amide bonds. The predicted molar refractivity (Wildman–Crippen MR) is 82.9 cm³/mol. The standard InChI is InChI=1S/C18H26N2/c1-13-6-7-17(16-5-3-2-4-15(13)16)19-18-12-20-10-8-14(18)9-11-20/h2-5,13-14,17-19H,6-12H2,1H3. The van der Waals surface area contributed by atoms with Gasteiger partial charge in [-0.2, -0.15) is 0 Å². The zero-order valence-corrected chi connectivity index (χ0v) is 12.5. The Bertz CT molecular complexity index is 476. The van der Waals surface area contributed by atoms with E-state index in [0.717, 1.165) is 17.9 Å². The van der Waals surface area contributed by atoms with Crippen LogP contribution >= 0.6 is 0 Å². The zero-order valence-electron chi connectivity index (χ0n) is 12.5. The van der Waals surface area contributed by atoms with E-state index < -0.39 is 0 Å². The first-order valence-electron chi connectivity index (χ1n) is 8.38. The number of nitrogens with one attached hydrogen (secondary N) is 1. The highest BCUT2D eigenvalue weighted by Crippen LogP contribution is 2.38. The van der Waals surface area contributed by atoms with Crippen LogP contribution in [0.15, 0.2) is 24.3 Å². The van der Waals surface area contributed by atoms with Gasteiger partial charge in [-0.1, -0.05) is 31.2 Å². The third kappa shape index (κ3) is 2.19. The summed E-state index contributed by atoms with van der Waals surface area (Å²) >= 11 is 0. The van der Waals surface area contributed by atoms with Crippen LogP contribution in [0.4, 0.5) is 0 Å². The first kappa shape index (κ1) is 12.8. The molecule has 0 aromatic heterocycles. The first-order chi connectivity index (χ1) is 9.81. The molecule has 3 aliphatic heterocycles. The fourth-order valence-electron chi connectivity index (χ4n) is 4.59. The summed E-state index contributed by atoms with van der Waals surface area (Å²) in [7, 11) is 0. The highest BCUT2D eigenvalue weighted by molar-refractivity contribution is 5.35. The second-order valence-electron chi connectivity index (χ2n) is 7.07. The molecule has 108 valence electrons. The minimum Gasteiger partial charge on any atom is -0.306 e. The summed E-state index contributed by atoms with van der Waals surface area (Å²) in [6.07, 6.45) is 5.45. The molecule has 1 aliphatic carbocycles. The van der Waals surface area contributed by atoms with Gasteiger partial charge >= 0.3 is 0 Å². The lowest BCUT2D eigenvalue weighted by molar-refractivity contribution is 0.0654. The van der Waals surface area contributed by atoms with Crippen molar-refractivity contribution in [1.82, 2.24) is 10.2 Å². The molecule has 2 nitrogen and oxygen atoms in total. The Kier molecular flexibility index (Phi) is 3.31. The van der Waals surface area contributed by atoms with Crippen molar-refractivity contribution in [2.75, 3.05) is 19.6 Å². The molecular formula is C18H26N2. The van der Waals surface area contributed by atoms with E-state index in [-0.39, 0.29) is 0 Å². The molecule has 2 bridgehead atoms. The van der Waals surface area contributed by atoms with Crippen LogP contribution in [0.3, 0.4) is 0 Å².